The Morgan fingerprint density at radius 1 is 0.238 bits per heavy atom. The number of H-pyrrole nitrogens is 4. The SMILES string of the molecule is O=C([O-])c1cc2c3[n-]c(c2c(C(=O)[O-])c1C(=O)[O-])=Nc1[nH]c(c2ccccc12)N=c1[n-]c(c2ccccc12)=Nc1[nH]c(c2ccccc12)N=3.O=C([O-])c1cc2c3[n-]c(c2c(C(=O)[O-])c1C(=O)[O-])=Nc1[nH]c(c2ccccc12)N=c1[n-]c(c2ccccc12)=Nc1[nH]c(c2ccccc12)N=3.[Cu+2].[Cu+2].[Cu+2].[Na+].[Na+].[Na+].[Na+]. The van der Waals surface area contributed by atoms with E-state index >= 15 is 0 Å². The Bertz CT molecular complexity index is 6570. The summed E-state index contributed by atoms with van der Waals surface area (Å²) >= 11 is 0. The topological polar surface area (TPSA) is 459 Å². The smallest absolute Gasteiger partial charge is 0.545 e. The number of hydrogen-bond donors (Lipinski definition) is 4. The molecule has 0 spiro atoms. The number of hydrogen-bond acceptors (Lipinski definition) is 20. The Kier molecular flexibility index (Phi) is 23.0. The molecule has 3 radical (unpaired) electrons. The van der Waals surface area contributed by atoms with E-state index in [1.807, 2.05) is 84.9 Å². The predicted molar refractivity (Wildman–Crippen MR) is 335 cm³/mol. The van der Waals surface area contributed by atoms with E-state index in [4.69, 9.17) is 39.9 Å². The van der Waals surface area contributed by atoms with Crippen LogP contribution in [-0.2, 0) is 51.2 Å². The first kappa shape index (κ1) is 78.4. The summed E-state index contributed by atoms with van der Waals surface area (Å²) < 4.78 is 0. The van der Waals surface area contributed by atoms with Crippen molar-refractivity contribution < 1.29 is 229 Å². The van der Waals surface area contributed by atoms with Gasteiger partial charge in [0.1, 0.15) is 0 Å². The van der Waals surface area contributed by atoms with Gasteiger partial charge in [0.05, 0.1) is 82.4 Å². The average molecular weight is 1570 g/mol. The number of nitrogens with zero attached hydrogens (tertiary/aromatic N) is 12. The Hall–Kier alpha value is -9.14. The van der Waals surface area contributed by atoms with E-state index in [-0.39, 0.29) is 236 Å². The molecule has 8 aromatic carbocycles. The van der Waals surface area contributed by atoms with Crippen LogP contribution in [0.1, 0.15) is 62.1 Å². The van der Waals surface area contributed by atoms with Gasteiger partial charge >= 0.3 is 169 Å². The van der Waals surface area contributed by atoms with Gasteiger partial charge in [-0.25, -0.2) is 0 Å². The fourth-order valence-corrected chi connectivity index (χ4v) is 12.8. The van der Waals surface area contributed by atoms with Crippen LogP contribution >= 0.6 is 0 Å². The number of carboxylic acids is 6. The first-order valence-electron chi connectivity index (χ1n) is 29.4. The summed E-state index contributed by atoms with van der Waals surface area (Å²) in [7, 11) is 0. The maximum Gasteiger partial charge on any atom is 2.00 e. The third-order valence-electron chi connectivity index (χ3n) is 16.9. The van der Waals surface area contributed by atoms with Crippen LogP contribution in [0.25, 0.3) is 86.2 Å². The van der Waals surface area contributed by atoms with Gasteiger partial charge in [0, 0.05) is 131 Å². The number of nitrogens with one attached hydrogen (secondary N) is 4. The van der Waals surface area contributed by atoms with Crippen molar-refractivity contribution in [3.05, 3.63) is 235 Å². The number of carboxylic acid groups (broad SMARTS) is 6. The minimum absolute atomic E-state index is 0. The minimum Gasteiger partial charge on any atom is -0.545 e. The van der Waals surface area contributed by atoms with Gasteiger partial charge in [-0.2, -0.15) is 0 Å². The molecule has 10 heterocycles. The van der Waals surface area contributed by atoms with Crippen LogP contribution in [0.4, 0.5) is 46.5 Å². The van der Waals surface area contributed by atoms with Gasteiger partial charge < -0.3 is 139 Å². The zero-order chi connectivity index (χ0) is 67.1. The number of carbonyl (C=O) groups excluding carboxylic acids is 6. The molecule has 0 fully saturated rings. The molecule has 8 aromatic heterocycles. The van der Waals surface area contributed by atoms with Crippen molar-refractivity contribution in [2.75, 3.05) is 0 Å². The molecule has 0 aliphatic carbocycles. The second-order valence-corrected chi connectivity index (χ2v) is 22.4. The fourth-order valence-electron chi connectivity index (χ4n) is 12.8. The predicted octanol–water partition coefficient (Wildman–Crippen LogP) is -11.8. The van der Waals surface area contributed by atoms with E-state index in [0.717, 1.165) is 33.7 Å². The minimum atomic E-state index is -2.06. The summed E-state index contributed by atoms with van der Waals surface area (Å²) in [4.78, 5) is 144. The van der Waals surface area contributed by atoms with Crippen molar-refractivity contribution in [2.24, 2.45) is 39.9 Å². The summed E-state index contributed by atoms with van der Waals surface area (Å²) in [6.45, 7) is 0. The third kappa shape index (κ3) is 13.2. The monoisotopic (exact) mass is 1570 g/mol. The van der Waals surface area contributed by atoms with E-state index in [1.54, 1.807) is 60.7 Å². The van der Waals surface area contributed by atoms with Crippen molar-refractivity contribution in [1.29, 1.82) is 0 Å². The number of carbonyl (C=O) groups is 6. The number of aromatic nitrogens is 8. The van der Waals surface area contributed by atoms with Gasteiger partial charge in [0.2, 0.25) is 0 Å². The van der Waals surface area contributed by atoms with Gasteiger partial charge in [0.15, 0.2) is 0 Å². The fraction of sp³-hybridized carbons (Fsp3) is 0. The Balaban J connectivity index is 0.000000211. The molecule has 16 bridgehead atoms. The van der Waals surface area contributed by atoms with E-state index in [9.17, 15) is 59.4 Å². The van der Waals surface area contributed by atoms with Crippen molar-refractivity contribution in [1.82, 2.24) is 39.9 Å². The van der Waals surface area contributed by atoms with Crippen molar-refractivity contribution in [2.45, 2.75) is 0 Å². The zero-order valence-electron chi connectivity index (χ0n) is 54.2. The molecule has 18 rings (SSSR count). The largest absolute Gasteiger partial charge is 2.00 e. The van der Waals surface area contributed by atoms with Crippen LogP contribution in [0.5, 0.6) is 0 Å². The van der Waals surface area contributed by atoms with E-state index in [0.29, 0.717) is 88.3 Å². The number of benzene rings is 8. The molecule has 2 aliphatic rings. The van der Waals surface area contributed by atoms with Crippen molar-refractivity contribution >= 4 is 169 Å². The first-order chi connectivity index (χ1) is 47.5. The van der Waals surface area contributed by atoms with E-state index < -0.39 is 69.2 Å². The number of rotatable bonds is 6. The first-order valence-corrected chi connectivity index (χ1v) is 29.4. The van der Waals surface area contributed by atoms with Gasteiger partial charge in [-0.05, 0) is 44.5 Å². The number of fused-ring (bicyclic) bond motifs is 40. The molecular weight excluding hydrogens is 1540 g/mol. The maximum atomic E-state index is 12.6. The Morgan fingerprint density at radius 3 is 0.600 bits per heavy atom. The van der Waals surface area contributed by atoms with Crippen LogP contribution in [0.3, 0.4) is 0 Å². The molecule has 0 unspecified atom stereocenters. The molecule has 28 nitrogen and oxygen atoms in total. The number of aromatic carboxylic acids is 6. The summed E-state index contributed by atoms with van der Waals surface area (Å²) in [5.74, 6) is -9.57. The molecule has 16 aromatic rings. The molecule has 105 heavy (non-hydrogen) atoms. The average Bonchev–Trinajstić information content (AvgIpc) is 1.61. The number of aromatic amines is 4. The van der Waals surface area contributed by atoms with Crippen LogP contribution in [0.15, 0.2) is 198 Å². The van der Waals surface area contributed by atoms with Gasteiger partial charge in [-0.15, -0.1) is 0 Å². The molecule has 2 aliphatic heterocycles. The van der Waals surface area contributed by atoms with Crippen LogP contribution in [0.2, 0.25) is 0 Å². The maximum absolute atomic E-state index is 12.6. The second kappa shape index (κ2) is 30.7. The van der Waals surface area contributed by atoms with Crippen molar-refractivity contribution in [3.8, 4) is 0 Å². The molecule has 499 valence electrons. The summed E-state index contributed by atoms with van der Waals surface area (Å²) in [5, 5.41) is 81.1. The standard InChI is InChI=1S/2C35H20N8O6.3Cu.4Na/c2*44-33(45)21-13-20-22(24(35(48)49)23(21)34(46)47)32-42-30-19-12-6-5-11-18(19)28(40-30)38-26-15-8-2-1-7-14(15)25(36-26)37-27-16-9-3-4-10-17(16)29(39-27)41-31(20)43-32;;;;;;;/h2*1-13H,(H7,36,37,38,39,40,41,42,43,44,45,46,47,48,49);;;;;;;/q;;3*+2;4*+1/p-10. The van der Waals surface area contributed by atoms with E-state index in [2.05, 4.69) is 39.9 Å². The van der Waals surface area contributed by atoms with Gasteiger partial charge in [0.25, 0.3) is 0 Å². The Morgan fingerprint density at radius 2 is 0.410 bits per heavy atom. The molecule has 35 heteroatoms. The molecule has 0 saturated carbocycles. The van der Waals surface area contributed by atoms with Crippen LogP contribution in [0, 0.1) is 0 Å². The van der Waals surface area contributed by atoms with E-state index in [1.165, 1.54) is 0 Å². The Labute approximate surface area is 703 Å². The third-order valence-corrected chi connectivity index (χ3v) is 16.9. The summed E-state index contributed by atoms with van der Waals surface area (Å²) in [6, 6.07) is 45.7. The molecule has 0 saturated heterocycles. The molecule has 4 N–H and O–H groups in total. The normalized spacial score (nSPS) is 11.6. The second-order valence-electron chi connectivity index (χ2n) is 22.4. The van der Waals surface area contributed by atoms with Gasteiger partial charge in [-0.1, -0.05) is 146 Å². The van der Waals surface area contributed by atoms with Crippen LogP contribution < -0.4 is 213 Å². The molecule has 0 amide bonds. The zero-order valence-corrected chi connectivity index (χ0v) is 65.0. The summed E-state index contributed by atoms with van der Waals surface area (Å²) in [6.07, 6.45) is 0. The molecule has 0 atom stereocenters. The van der Waals surface area contributed by atoms with Crippen molar-refractivity contribution in [3.63, 3.8) is 0 Å². The van der Waals surface area contributed by atoms with Crippen LogP contribution in [-0.4, -0.2) is 55.8 Å². The summed E-state index contributed by atoms with van der Waals surface area (Å²) in [5.41, 5.74) is -5.47. The molecular formula is C70H30Cu3N16Na4O12. The van der Waals surface area contributed by atoms with Gasteiger partial charge in [-0.3, -0.25) is 0 Å². The quantitative estimate of drug-likeness (QED) is 0.112.